The first-order chi connectivity index (χ1) is 14.0. The maximum Gasteiger partial charge on any atom is 0.258 e. The molecule has 1 aromatic heterocycles. The monoisotopic (exact) mass is 446 g/mol. The summed E-state index contributed by atoms with van der Waals surface area (Å²) in [5.41, 5.74) is 3.82. The van der Waals surface area contributed by atoms with Gasteiger partial charge in [-0.3, -0.25) is 9.59 Å². The lowest BCUT2D eigenvalue weighted by Gasteiger charge is -2.24. The second-order valence-corrected chi connectivity index (χ2v) is 7.86. The number of aryl methyl sites for hydroxylation is 1. The predicted molar refractivity (Wildman–Crippen MR) is 120 cm³/mol. The van der Waals surface area contributed by atoms with Gasteiger partial charge in [-0.15, -0.1) is 0 Å². The van der Waals surface area contributed by atoms with E-state index < -0.39 is 0 Å². The van der Waals surface area contributed by atoms with Crippen LogP contribution < -0.4 is 10.5 Å². The van der Waals surface area contributed by atoms with Crippen LogP contribution in [-0.2, 0) is 6.54 Å². The average Bonchev–Trinajstić information content (AvgIpc) is 2.72. The summed E-state index contributed by atoms with van der Waals surface area (Å²) in [4.78, 5) is 30.2. The first-order valence-electron chi connectivity index (χ1n) is 9.26. The number of carbonyl (C=O) groups is 1. The molecule has 0 atom stereocenters. The molecule has 0 unspecified atom stereocenters. The van der Waals surface area contributed by atoms with E-state index in [2.05, 4.69) is 20.9 Å². The first kappa shape index (κ1) is 19.2. The number of nitrogens with one attached hydrogen (secondary N) is 1. The summed E-state index contributed by atoms with van der Waals surface area (Å²) in [5, 5.41) is 0.924. The molecule has 0 bridgehead atoms. The van der Waals surface area contributed by atoms with Crippen LogP contribution in [0.3, 0.4) is 0 Å². The van der Waals surface area contributed by atoms with Crippen molar-refractivity contribution in [1.29, 1.82) is 0 Å². The van der Waals surface area contributed by atoms with Crippen molar-refractivity contribution in [3.63, 3.8) is 0 Å². The molecule has 0 spiro atoms. The Morgan fingerprint density at radius 2 is 1.72 bits per heavy atom. The van der Waals surface area contributed by atoms with Gasteiger partial charge in [-0.25, -0.2) is 0 Å². The molecule has 0 saturated carbocycles. The number of halogens is 1. The molecule has 0 aliphatic carbocycles. The maximum absolute atomic E-state index is 13.4. The molecule has 1 heterocycles. The third-order valence-corrected chi connectivity index (χ3v) is 5.34. The van der Waals surface area contributed by atoms with Crippen LogP contribution in [0.1, 0.15) is 21.5 Å². The number of aromatic nitrogens is 1. The average molecular weight is 447 g/mol. The molecule has 29 heavy (non-hydrogen) atoms. The summed E-state index contributed by atoms with van der Waals surface area (Å²) in [6, 6.07) is 24.3. The number of hydrogen-bond acceptors (Lipinski definition) is 2. The van der Waals surface area contributed by atoms with Crippen LogP contribution in [0, 0.1) is 6.92 Å². The zero-order chi connectivity index (χ0) is 20.4. The van der Waals surface area contributed by atoms with Crippen molar-refractivity contribution in [2.45, 2.75) is 13.5 Å². The smallest absolute Gasteiger partial charge is 0.258 e. The van der Waals surface area contributed by atoms with Gasteiger partial charge in [0, 0.05) is 32.7 Å². The summed E-state index contributed by atoms with van der Waals surface area (Å²) in [5.74, 6) is -0.118. The minimum absolute atomic E-state index is 0.118. The first-order valence-corrected chi connectivity index (χ1v) is 10.1. The van der Waals surface area contributed by atoms with Crippen molar-refractivity contribution in [2.24, 2.45) is 0 Å². The number of hydrogen-bond donors (Lipinski definition) is 1. The number of nitrogens with zero attached hydrogens (tertiary/aromatic N) is 1. The minimum atomic E-state index is -0.181. The number of carbonyl (C=O) groups excluding carboxylic acids is 1. The molecule has 4 nitrogen and oxygen atoms in total. The number of fused-ring (bicyclic) bond motifs is 1. The molecule has 4 aromatic rings. The Bertz CT molecular complexity index is 1250. The van der Waals surface area contributed by atoms with E-state index in [0.717, 1.165) is 32.2 Å². The lowest BCUT2D eigenvalue weighted by atomic mass is 10.1. The topological polar surface area (TPSA) is 53.2 Å². The number of H-pyrrole nitrogens is 1. The number of amides is 1. The van der Waals surface area contributed by atoms with Gasteiger partial charge >= 0.3 is 0 Å². The highest BCUT2D eigenvalue weighted by Gasteiger charge is 2.20. The van der Waals surface area contributed by atoms with Crippen LogP contribution in [0.25, 0.3) is 10.9 Å². The fraction of sp³-hybridized carbons (Fsp3) is 0.0833. The van der Waals surface area contributed by atoms with Crippen molar-refractivity contribution in [3.05, 3.63) is 110 Å². The summed E-state index contributed by atoms with van der Waals surface area (Å²) >= 11 is 3.41. The van der Waals surface area contributed by atoms with Crippen LogP contribution in [0.5, 0.6) is 0 Å². The summed E-state index contributed by atoms with van der Waals surface area (Å²) in [6.45, 7) is 2.29. The van der Waals surface area contributed by atoms with Gasteiger partial charge in [0.05, 0.1) is 6.54 Å². The molecule has 0 fully saturated rings. The van der Waals surface area contributed by atoms with Crippen molar-refractivity contribution in [1.82, 2.24) is 4.98 Å². The van der Waals surface area contributed by atoms with Crippen molar-refractivity contribution in [3.8, 4) is 0 Å². The van der Waals surface area contributed by atoms with Crippen molar-refractivity contribution < 1.29 is 4.79 Å². The fourth-order valence-electron chi connectivity index (χ4n) is 3.40. The minimum Gasteiger partial charge on any atom is -0.322 e. The summed E-state index contributed by atoms with van der Waals surface area (Å²) in [6.07, 6.45) is 0. The Balaban J connectivity index is 1.82. The van der Waals surface area contributed by atoms with E-state index in [1.54, 1.807) is 23.1 Å². The van der Waals surface area contributed by atoms with Crippen LogP contribution in [0.15, 0.2) is 88.1 Å². The van der Waals surface area contributed by atoms with E-state index in [4.69, 9.17) is 0 Å². The molecule has 0 aliphatic rings. The zero-order valence-electron chi connectivity index (χ0n) is 15.9. The largest absolute Gasteiger partial charge is 0.322 e. The molecule has 0 aliphatic heterocycles. The highest BCUT2D eigenvalue weighted by molar-refractivity contribution is 9.10. The number of rotatable bonds is 4. The molecule has 0 radical (unpaired) electrons. The number of para-hydroxylation sites is 1. The van der Waals surface area contributed by atoms with Crippen molar-refractivity contribution >= 4 is 38.4 Å². The molecular weight excluding hydrogens is 428 g/mol. The molecule has 3 aromatic carbocycles. The van der Waals surface area contributed by atoms with Gasteiger partial charge < -0.3 is 9.88 Å². The standard InChI is InChI=1S/C24H19BrN2O2/c1-16-5-4-6-20(13-16)27(24(29)17-9-11-19(25)12-10-17)15-18-14-23(28)26-22-8-3-2-7-21(18)22/h2-14H,15H2,1H3,(H,26,28). The SMILES string of the molecule is Cc1cccc(N(Cc2cc(=O)[nH]c3ccccc23)C(=O)c2ccc(Br)cc2)c1. The van der Waals surface area contributed by atoms with Gasteiger partial charge in [0.2, 0.25) is 5.56 Å². The maximum atomic E-state index is 13.4. The fourth-order valence-corrected chi connectivity index (χ4v) is 3.67. The highest BCUT2D eigenvalue weighted by Crippen LogP contribution is 2.24. The van der Waals surface area contributed by atoms with E-state index in [9.17, 15) is 9.59 Å². The molecule has 0 saturated heterocycles. The number of aromatic amines is 1. The van der Waals surface area contributed by atoms with E-state index in [0.29, 0.717) is 12.1 Å². The normalized spacial score (nSPS) is 10.8. The van der Waals surface area contributed by atoms with Crippen LogP contribution >= 0.6 is 15.9 Å². The highest BCUT2D eigenvalue weighted by atomic mass is 79.9. The Kier molecular flexibility index (Phi) is 5.32. The zero-order valence-corrected chi connectivity index (χ0v) is 17.4. The van der Waals surface area contributed by atoms with E-state index >= 15 is 0 Å². The van der Waals surface area contributed by atoms with Gasteiger partial charge in [0.25, 0.3) is 5.91 Å². The lowest BCUT2D eigenvalue weighted by Crippen LogP contribution is -2.31. The predicted octanol–water partition coefficient (Wildman–Crippen LogP) is 5.45. The van der Waals surface area contributed by atoms with Gasteiger partial charge in [0.15, 0.2) is 0 Å². The Morgan fingerprint density at radius 3 is 2.48 bits per heavy atom. The van der Waals surface area contributed by atoms with Crippen LogP contribution in [0.4, 0.5) is 5.69 Å². The van der Waals surface area contributed by atoms with E-state index in [1.165, 1.54) is 0 Å². The van der Waals surface area contributed by atoms with E-state index in [1.807, 2.05) is 67.6 Å². The third kappa shape index (κ3) is 4.15. The Labute approximate surface area is 176 Å². The van der Waals surface area contributed by atoms with Gasteiger partial charge in [-0.1, -0.05) is 46.3 Å². The Hall–Kier alpha value is -3.18. The summed E-state index contributed by atoms with van der Waals surface area (Å²) < 4.78 is 0.914. The molecule has 1 amide bonds. The second kappa shape index (κ2) is 8.05. The molecule has 5 heteroatoms. The molecular formula is C24H19BrN2O2. The number of benzene rings is 3. The number of pyridine rings is 1. The van der Waals surface area contributed by atoms with Gasteiger partial charge in [-0.2, -0.15) is 0 Å². The van der Waals surface area contributed by atoms with Crippen LogP contribution in [0.2, 0.25) is 0 Å². The van der Waals surface area contributed by atoms with E-state index in [-0.39, 0.29) is 11.5 Å². The third-order valence-electron chi connectivity index (χ3n) is 4.81. The lowest BCUT2D eigenvalue weighted by molar-refractivity contribution is 0.0985. The van der Waals surface area contributed by atoms with Crippen molar-refractivity contribution in [2.75, 3.05) is 4.90 Å². The quantitative estimate of drug-likeness (QED) is 0.453. The number of anilines is 1. The molecule has 144 valence electrons. The Morgan fingerprint density at radius 1 is 0.966 bits per heavy atom. The van der Waals surface area contributed by atoms with Crippen LogP contribution in [-0.4, -0.2) is 10.9 Å². The molecule has 1 N–H and O–H groups in total. The van der Waals surface area contributed by atoms with Gasteiger partial charge in [0.1, 0.15) is 0 Å². The molecule has 4 rings (SSSR count). The van der Waals surface area contributed by atoms with Gasteiger partial charge in [-0.05, 0) is 60.5 Å². The summed E-state index contributed by atoms with van der Waals surface area (Å²) in [7, 11) is 0. The second-order valence-electron chi connectivity index (χ2n) is 6.94.